The standard InChI is InChI=1S/C10H8N4O5S/c15-9-2-1-7(5-8(9)14(16)17)20(18,19)13-10-6-11-3-4-12-10/h1-6,15H,(H,12,13). The zero-order valence-corrected chi connectivity index (χ0v) is 10.6. The average molecular weight is 296 g/mol. The molecule has 2 rings (SSSR count). The summed E-state index contributed by atoms with van der Waals surface area (Å²) in [5.41, 5.74) is -0.702. The summed E-state index contributed by atoms with van der Waals surface area (Å²) in [6.07, 6.45) is 3.84. The third kappa shape index (κ3) is 2.80. The number of nitrogens with one attached hydrogen (secondary N) is 1. The zero-order chi connectivity index (χ0) is 14.8. The molecule has 0 radical (unpaired) electrons. The lowest BCUT2D eigenvalue weighted by Gasteiger charge is -2.06. The van der Waals surface area contributed by atoms with Crippen LogP contribution in [0.3, 0.4) is 0 Å². The highest BCUT2D eigenvalue weighted by molar-refractivity contribution is 7.92. The predicted molar refractivity (Wildman–Crippen MR) is 67.6 cm³/mol. The van der Waals surface area contributed by atoms with Crippen molar-refractivity contribution in [3.8, 4) is 5.75 Å². The molecule has 1 aromatic carbocycles. The van der Waals surface area contributed by atoms with Gasteiger partial charge in [-0.25, -0.2) is 13.4 Å². The van der Waals surface area contributed by atoms with Crippen LogP contribution in [-0.2, 0) is 10.0 Å². The average Bonchev–Trinajstić information content (AvgIpc) is 2.39. The van der Waals surface area contributed by atoms with Crippen LogP contribution in [0.2, 0.25) is 0 Å². The summed E-state index contributed by atoms with van der Waals surface area (Å²) >= 11 is 0. The molecule has 0 amide bonds. The highest BCUT2D eigenvalue weighted by atomic mass is 32.2. The van der Waals surface area contributed by atoms with E-state index < -0.39 is 26.4 Å². The van der Waals surface area contributed by atoms with E-state index in [2.05, 4.69) is 14.7 Å². The van der Waals surface area contributed by atoms with E-state index in [1.807, 2.05) is 0 Å². The van der Waals surface area contributed by atoms with E-state index >= 15 is 0 Å². The lowest BCUT2D eigenvalue weighted by Crippen LogP contribution is -2.14. The first-order valence-electron chi connectivity index (χ1n) is 5.16. The first kappa shape index (κ1) is 13.7. The zero-order valence-electron chi connectivity index (χ0n) is 9.79. The molecule has 0 aliphatic carbocycles. The molecular weight excluding hydrogens is 288 g/mol. The molecule has 0 aliphatic rings. The topological polar surface area (TPSA) is 135 Å². The smallest absolute Gasteiger partial charge is 0.312 e. The maximum Gasteiger partial charge on any atom is 0.312 e. The molecule has 2 N–H and O–H groups in total. The van der Waals surface area contributed by atoms with Crippen molar-refractivity contribution in [2.24, 2.45) is 0 Å². The Morgan fingerprint density at radius 3 is 2.65 bits per heavy atom. The fourth-order valence-corrected chi connectivity index (χ4v) is 2.38. The minimum absolute atomic E-state index is 0.0248. The van der Waals surface area contributed by atoms with Crippen molar-refractivity contribution >= 4 is 21.5 Å². The Morgan fingerprint density at radius 2 is 2.05 bits per heavy atom. The van der Waals surface area contributed by atoms with Crippen molar-refractivity contribution < 1.29 is 18.4 Å². The molecule has 1 heterocycles. The Kier molecular flexibility index (Phi) is 3.48. The highest BCUT2D eigenvalue weighted by Gasteiger charge is 2.21. The Balaban J connectivity index is 2.40. The van der Waals surface area contributed by atoms with Crippen molar-refractivity contribution in [1.29, 1.82) is 0 Å². The predicted octanol–water partition coefficient (Wildman–Crippen LogP) is 0.891. The van der Waals surface area contributed by atoms with Crippen molar-refractivity contribution in [3.63, 3.8) is 0 Å². The van der Waals surface area contributed by atoms with Crippen molar-refractivity contribution in [2.45, 2.75) is 4.90 Å². The maximum absolute atomic E-state index is 12.0. The van der Waals surface area contributed by atoms with E-state index in [9.17, 15) is 23.6 Å². The van der Waals surface area contributed by atoms with Crippen LogP contribution >= 0.6 is 0 Å². The van der Waals surface area contributed by atoms with Crippen molar-refractivity contribution in [2.75, 3.05) is 4.72 Å². The normalized spacial score (nSPS) is 11.0. The molecule has 0 fully saturated rings. The second-order valence-corrected chi connectivity index (χ2v) is 5.29. The molecule has 104 valence electrons. The second-order valence-electron chi connectivity index (χ2n) is 3.60. The van der Waals surface area contributed by atoms with Crippen LogP contribution in [0.4, 0.5) is 11.5 Å². The van der Waals surface area contributed by atoms with Gasteiger partial charge in [0.05, 0.1) is 16.0 Å². The van der Waals surface area contributed by atoms with Gasteiger partial charge in [-0.15, -0.1) is 0 Å². The molecule has 0 unspecified atom stereocenters. The van der Waals surface area contributed by atoms with Crippen LogP contribution in [-0.4, -0.2) is 28.4 Å². The monoisotopic (exact) mass is 296 g/mol. The number of aromatic hydroxyl groups is 1. The molecule has 1 aromatic heterocycles. The Labute approximate surface area is 113 Å². The van der Waals surface area contributed by atoms with Gasteiger partial charge in [0, 0.05) is 18.5 Å². The fourth-order valence-electron chi connectivity index (χ4n) is 1.37. The van der Waals surface area contributed by atoms with Crippen LogP contribution in [0.15, 0.2) is 41.7 Å². The number of benzene rings is 1. The van der Waals surface area contributed by atoms with E-state index in [1.54, 1.807) is 0 Å². The summed E-state index contributed by atoms with van der Waals surface area (Å²) in [4.78, 5) is 16.8. The SMILES string of the molecule is O=[N+]([O-])c1cc(S(=O)(=O)Nc2cnccn2)ccc1O. The number of anilines is 1. The number of nitro groups is 1. The largest absolute Gasteiger partial charge is 0.502 e. The fraction of sp³-hybridized carbons (Fsp3) is 0. The Bertz CT molecular complexity index is 747. The summed E-state index contributed by atoms with van der Waals surface area (Å²) in [5.74, 6) is -0.642. The van der Waals surface area contributed by atoms with Gasteiger partial charge in [-0.2, -0.15) is 0 Å². The van der Waals surface area contributed by atoms with Crippen LogP contribution < -0.4 is 4.72 Å². The van der Waals surface area contributed by atoms with E-state index in [-0.39, 0.29) is 10.7 Å². The maximum atomic E-state index is 12.0. The third-order valence-corrected chi connectivity index (χ3v) is 3.61. The van der Waals surface area contributed by atoms with Crippen molar-refractivity contribution in [1.82, 2.24) is 9.97 Å². The van der Waals surface area contributed by atoms with Crippen molar-refractivity contribution in [3.05, 3.63) is 46.9 Å². The van der Waals surface area contributed by atoms with Crippen LogP contribution in [0.1, 0.15) is 0 Å². The van der Waals surface area contributed by atoms with Crippen LogP contribution in [0.5, 0.6) is 5.75 Å². The van der Waals surface area contributed by atoms with Gasteiger partial charge in [0.25, 0.3) is 10.0 Å². The summed E-state index contributed by atoms with van der Waals surface area (Å²) < 4.78 is 26.1. The van der Waals surface area contributed by atoms with E-state index in [0.29, 0.717) is 0 Å². The first-order chi connectivity index (χ1) is 9.40. The number of hydrogen-bond donors (Lipinski definition) is 2. The Hall–Kier alpha value is -2.75. The third-order valence-electron chi connectivity index (χ3n) is 2.26. The van der Waals surface area contributed by atoms with Gasteiger partial charge >= 0.3 is 5.69 Å². The van der Waals surface area contributed by atoms with Crippen LogP contribution in [0, 0.1) is 10.1 Å². The summed E-state index contributed by atoms with van der Waals surface area (Å²) in [6.45, 7) is 0. The quantitative estimate of drug-likeness (QED) is 0.631. The lowest BCUT2D eigenvalue weighted by molar-refractivity contribution is -0.386. The number of phenolic OH excluding ortho intramolecular Hbond substituents is 1. The molecule has 10 heteroatoms. The number of phenols is 1. The van der Waals surface area contributed by atoms with Gasteiger partial charge in [-0.3, -0.25) is 19.8 Å². The van der Waals surface area contributed by atoms with Gasteiger partial charge in [-0.1, -0.05) is 0 Å². The second kappa shape index (κ2) is 5.09. The number of sulfonamides is 1. The lowest BCUT2D eigenvalue weighted by atomic mass is 10.3. The molecule has 0 bridgehead atoms. The van der Waals surface area contributed by atoms with E-state index in [1.165, 1.54) is 18.6 Å². The summed E-state index contributed by atoms with van der Waals surface area (Å²) in [7, 11) is -4.05. The summed E-state index contributed by atoms with van der Waals surface area (Å²) in [6, 6.07) is 2.73. The van der Waals surface area contributed by atoms with Gasteiger partial charge in [0.1, 0.15) is 0 Å². The minimum Gasteiger partial charge on any atom is -0.502 e. The number of nitro benzene ring substituents is 1. The van der Waals surface area contributed by atoms with Gasteiger partial charge in [-0.05, 0) is 12.1 Å². The number of rotatable bonds is 4. The molecule has 2 aromatic rings. The molecule has 9 nitrogen and oxygen atoms in total. The van der Waals surface area contributed by atoms with E-state index in [0.717, 1.165) is 18.2 Å². The van der Waals surface area contributed by atoms with Gasteiger partial charge in [0.15, 0.2) is 11.6 Å². The van der Waals surface area contributed by atoms with E-state index in [4.69, 9.17) is 0 Å². The highest BCUT2D eigenvalue weighted by Crippen LogP contribution is 2.28. The molecule has 0 aliphatic heterocycles. The number of aromatic nitrogens is 2. The Morgan fingerprint density at radius 1 is 1.30 bits per heavy atom. The number of hydrogen-bond acceptors (Lipinski definition) is 7. The number of nitrogens with zero attached hydrogens (tertiary/aromatic N) is 3. The molecule has 0 atom stereocenters. The molecule has 0 spiro atoms. The van der Waals surface area contributed by atoms with Gasteiger partial charge in [0.2, 0.25) is 0 Å². The molecule has 20 heavy (non-hydrogen) atoms. The first-order valence-corrected chi connectivity index (χ1v) is 6.65. The van der Waals surface area contributed by atoms with Gasteiger partial charge < -0.3 is 5.11 Å². The molecule has 0 saturated heterocycles. The molecule has 0 saturated carbocycles. The van der Waals surface area contributed by atoms with Crippen LogP contribution in [0.25, 0.3) is 0 Å². The summed E-state index contributed by atoms with van der Waals surface area (Å²) in [5, 5.41) is 19.9. The molecular formula is C10H8N4O5S. The minimum atomic E-state index is -4.05.